The van der Waals surface area contributed by atoms with Crippen molar-refractivity contribution < 1.29 is 14.3 Å². The third-order valence-corrected chi connectivity index (χ3v) is 4.32. The average Bonchev–Trinajstić information content (AvgIpc) is 2.74. The first-order chi connectivity index (χ1) is 14.1. The minimum atomic E-state index is -0.198. The van der Waals surface area contributed by atoms with Crippen LogP contribution in [0.25, 0.3) is 0 Å². The zero-order valence-corrected chi connectivity index (χ0v) is 16.9. The molecule has 0 bridgehead atoms. The molecule has 3 rings (SSSR count). The zero-order valence-electron chi connectivity index (χ0n) is 16.9. The molecule has 0 aromatic heterocycles. The Labute approximate surface area is 172 Å². The van der Waals surface area contributed by atoms with E-state index in [4.69, 9.17) is 9.47 Å². The number of hydrogen-bond acceptors (Lipinski definition) is 3. The Morgan fingerprint density at radius 2 is 1.55 bits per heavy atom. The molecule has 0 radical (unpaired) electrons. The van der Waals surface area contributed by atoms with Crippen LogP contribution < -0.4 is 14.8 Å². The topological polar surface area (TPSA) is 47.6 Å². The second kappa shape index (κ2) is 10.3. The Bertz CT molecular complexity index is 905. The molecule has 0 aliphatic carbocycles. The molecular weight excluding hydrogens is 362 g/mol. The molecule has 4 nitrogen and oxygen atoms in total. The second-order valence-electron chi connectivity index (χ2n) is 7.26. The number of rotatable bonds is 9. The van der Waals surface area contributed by atoms with Crippen molar-refractivity contribution in [3.8, 4) is 11.5 Å². The van der Waals surface area contributed by atoms with E-state index in [0.717, 1.165) is 12.2 Å². The lowest BCUT2D eigenvalue weighted by Crippen LogP contribution is -2.14. The molecule has 0 atom stereocenters. The van der Waals surface area contributed by atoms with Gasteiger partial charge in [0.15, 0.2) is 0 Å². The summed E-state index contributed by atoms with van der Waals surface area (Å²) < 4.78 is 11.6. The standard InChI is InChI=1S/C25H27NO3/c1-19(2)18-29-22-14-12-21(13-15-22)26-25(27)23-10-6-7-11-24(23)28-17-16-20-8-4-3-5-9-20/h3-15,19H,16-18H2,1-2H3,(H,26,27). The molecule has 0 aliphatic heterocycles. The SMILES string of the molecule is CC(C)COc1ccc(NC(=O)c2ccccc2OCCc2ccccc2)cc1. The lowest BCUT2D eigenvalue weighted by Gasteiger charge is -2.12. The van der Waals surface area contributed by atoms with E-state index < -0.39 is 0 Å². The van der Waals surface area contributed by atoms with Crippen molar-refractivity contribution in [1.82, 2.24) is 0 Å². The smallest absolute Gasteiger partial charge is 0.259 e. The van der Waals surface area contributed by atoms with Crippen molar-refractivity contribution in [3.05, 3.63) is 90.0 Å². The summed E-state index contributed by atoms with van der Waals surface area (Å²) in [5.74, 6) is 1.64. The highest BCUT2D eigenvalue weighted by molar-refractivity contribution is 6.06. The highest BCUT2D eigenvalue weighted by atomic mass is 16.5. The molecule has 0 spiro atoms. The predicted octanol–water partition coefficient (Wildman–Crippen LogP) is 5.60. The van der Waals surface area contributed by atoms with Crippen LogP contribution in [0.5, 0.6) is 11.5 Å². The summed E-state index contributed by atoms with van der Waals surface area (Å²) in [7, 11) is 0. The fraction of sp³-hybridized carbons (Fsp3) is 0.240. The first kappa shape index (κ1) is 20.5. The van der Waals surface area contributed by atoms with Crippen LogP contribution in [-0.2, 0) is 6.42 Å². The molecule has 0 heterocycles. The maximum Gasteiger partial charge on any atom is 0.259 e. The van der Waals surface area contributed by atoms with Crippen LogP contribution in [0.3, 0.4) is 0 Å². The van der Waals surface area contributed by atoms with Gasteiger partial charge in [0.2, 0.25) is 0 Å². The van der Waals surface area contributed by atoms with Crippen LogP contribution in [0.15, 0.2) is 78.9 Å². The summed E-state index contributed by atoms with van der Waals surface area (Å²) in [6.45, 7) is 5.39. The second-order valence-corrected chi connectivity index (χ2v) is 7.26. The van der Waals surface area contributed by atoms with Crippen LogP contribution in [0, 0.1) is 5.92 Å². The van der Waals surface area contributed by atoms with Crippen LogP contribution in [0.1, 0.15) is 29.8 Å². The number of nitrogens with one attached hydrogen (secondary N) is 1. The third-order valence-electron chi connectivity index (χ3n) is 4.32. The summed E-state index contributed by atoms with van der Waals surface area (Å²) in [6, 6.07) is 24.8. The highest BCUT2D eigenvalue weighted by Crippen LogP contribution is 2.21. The van der Waals surface area contributed by atoms with E-state index in [1.54, 1.807) is 6.07 Å². The zero-order chi connectivity index (χ0) is 20.5. The van der Waals surface area contributed by atoms with Gasteiger partial charge in [-0.15, -0.1) is 0 Å². The van der Waals surface area contributed by atoms with Crippen LogP contribution >= 0.6 is 0 Å². The van der Waals surface area contributed by atoms with Crippen molar-refractivity contribution >= 4 is 11.6 Å². The number of hydrogen-bond donors (Lipinski definition) is 1. The van der Waals surface area contributed by atoms with Crippen molar-refractivity contribution in [2.75, 3.05) is 18.5 Å². The van der Waals surface area contributed by atoms with E-state index >= 15 is 0 Å². The Morgan fingerprint density at radius 1 is 0.862 bits per heavy atom. The van der Waals surface area contributed by atoms with Gasteiger partial charge in [-0.1, -0.05) is 56.3 Å². The molecule has 0 fully saturated rings. The minimum Gasteiger partial charge on any atom is -0.493 e. The number of benzene rings is 3. The summed E-state index contributed by atoms with van der Waals surface area (Å²) in [4.78, 5) is 12.7. The largest absolute Gasteiger partial charge is 0.493 e. The molecule has 150 valence electrons. The fourth-order valence-corrected chi connectivity index (χ4v) is 2.80. The van der Waals surface area contributed by atoms with Gasteiger partial charge in [0.1, 0.15) is 11.5 Å². The van der Waals surface area contributed by atoms with E-state index in [0.29, 0.717) is 36.1 Å². The Balaban J connectivity index is 1.59. The van der Waals surface area contributed by atoms with Gasteiger partial charge >= 0.3 is 0 Å². The van der Waals surface area contributed by atoms with Crippen molar-refractivity contribution in [1.29, 1.82) is 0 Å². The molecular formula is C25H27NO3. The summed E-state index contributed by atoms with van der Waals surface area (Å²) >= 11 is 0. The van der Waals surface area contributed by atoms with E-state index in [1.165, 1.54) is 5.56 Å². The highest BCUT2D eigenvalue weighted by Gasteiger charge is 2.12. The lowest BCUT2D eigenvalue weighted by atomic mass is 10.1. The monoisotopic (exact) mass is 389 g/mol. The van der Waals surface area contributed by atoms with E-state index in [2.05, 4.69) is 31.3 Å². The maximum absolute atomic E-state index is 12.7. The number of amides is 1. The van der Waals surface area contributed by atoms with Crippen molar-refractivity contribution in [3.63, 3.8) is 0 Å². The summed E-state index contributed by atoms with van der Waals surface area (Å²) in [5.41, 5.74) is 2.43. The number of carbonyl (C=O) groups excluding carboxylic acids is 1. The van der Waals surface area contributed by atoms with Gasteiger partial charge in [-0.2, -0.15) is 0 Å². The molecule has 1 amide bonds. The van der Waals surface area contributed by atoms with Gasteiger partial charge in [0, 0.05) is 12.1 Å². The van der Waals surface area contributed by atoms with Gasteiger partial charge in [0.05, 0.1) is 18.8 Å². The maximum atomic E-state index is 12.7. The van der Waals surface area contributed by atoms with E-state index in [9.17, 15) is 4.79 Å². The molecule has 29 heavy (non-hydrogen) atoms. The lowest BCUT2D eigenvalue weighted by molar-refractivity contribution is 0.102. The van der Waals surface area contributed by atoms with Gasteiger partial charge in [0.25, 0.3) is 5.91 Å². The Hall–Kier alpha value is -3.27. The Morgan fingerprint density at radius 3 is 2.28 bits per heavy atom. The summed E-state index contributed by atoms with van der Waals surface area (Å²) in [6.07, 6.45) is 0.786. The van der Waals surface area contributed by atoms with E-state index in [-0.39, 0.29) is 5.91 Å². The minimum absolute atomic E-state index is 0.198. The molecule has 0 unspecified atom stereocenters. The van der Waals surface area contributed by atoms with Crippen LogP contribution in [0.2, 0.25) is 0 Å². The van der Waals surface area contributed by atoms with Crippen molar-refractivity contribution in [2.24, 2.45) is 5.92 Å². The van der Waals surface area contributed by atoms with Crippen LogP contribution in [-0.4, -0.2) is 19.1 Å². The molecule has 1 N–H and O–H groups in total. The molecule has 0 aliphatic rings. The number of anilines is 1. The van der Waals surface area contributed by atoms with Gasteiger partial charge in [-0.25, -0.2) is 0 Å². The normalized spacial score (nSPS) is 10.6. The third kappa shape index (κ3) is 6.39. The van der Waals surface area contributed by atoms with Gasteiger partial charge in [-0.3, -0.25) is 4.79 Å². The quantitative estimate of drug-likeness (QED) is 0.518. The predicted molar refractivity (Wildman–Crippen MR) is 117 cm³/mol. The molecule has 0 saturated carbocycles. The first-order valence-electron chi connectivity index (χ1n) is 9.92. The number of para-hydroxylation sites is 1. The molecule has 0 saturated heterocycles. The number of carbonyl (C=O) groups is 1. The summed E-state index contributed by atoms with van der Waals surface area (Å²) in [5, 5.41) is 2.92. The molecule has 4 heteroatoms. The van der Waals surface area contributed by atoms with E-state index in [1.807, 2.05) is 60.7 Å². The Kier molecular flexibility index (Phi) is 7.28. The van der Waals surface area contributed by atoms with Gasteiger partial charge < -0.3 is 14.8 Å². The first-order valence-corrected chi connectivity index (χ1v) is 9.92. The van der Waals surface area contributed by atoms with Crippen molar-refractivity contribution in [2.45, 2.75) is 20.3 Å². The molecule has 3 aromatic carbocycles. The number of ether oxygens (including phenoxy) is 2. The van der Waals surface area contributed by atoms with Gasteiger partial charge in [-0.05, 0) is 47.9 Å². The van der Waals surface area contributed by atoms with Crippen LogP contribution in [0.4, 0.5) is 5.69 Å². The average molecular weight is 389 g/mol. The molecule has 3 aromatic rings. The fourth-order valence-electron chi connectivity index (χ4n) is 2.80.